The Morgan fingerprint density at radius 3 is 2.63 bits per heavy atom. The van der Waals surface area contributed by atoms with Gasteiger partial charge in [0.2, 0.25) is 5.91 Å². The fraction of sp³-hybridized carbons (Fsp3) is 0.364. The Labute approximate surface area is 158 Å². The van der Waals surface area contributed by atoms with Crippen molar-refractivity contribution in [3.8, 4) is 0 Å². The molecule has 5 heteroatoms. The van der Waals surface area contributed by atoms with Gasteiger partial charge in [-0.1, -0.05) is 42.0 Å². The molecule has 0 N–H and O–H groups in total. The summed E-state index contributed by atoms with van der Waals surface area (Å²) in [5.74, 6) is -0.416. The van der Waals surface area contributed by atoms with Crippen molar-refractivity contribution in [3.05, 3.63) is 70.8 Å². The molecule has 0 unspecified atom stereocenters. The summed E-state index contributed by atoms with van der Waals surface area (Å²) in [5, 5.41) is 0. The van der Waals surface area contributed by atoms with E-state index in [0.29, 0.717) is 18.7 Å². The summed E-state index contributed by atoms with van der Waals surface area (Å²) in [4.78, 5) is 29.2. The number of alkyl halides is 1. The number of hydrogen-bond acceptors (Lipinski definition) is 2. The maximum absolute atomic E-state index is 14.2. The fourth-order valence-electron chi connectivity index (χ4n) is 4.08. The van der Waals surface area contributed by atoms with Gasteiger partial charge >= 0.3 is 0 Å². The number of aryl methyl sites for hydroxylation is 1. The van der Waals surface area contributed by atoms with Crippen molar-refractivity contribution in [3.63, 3.8) is 0 Å². The summed E-state index contributed by atoms with van der Waals surface area (Å²) < 4.78 is 14.2. The van der Waals surface area contributed by atoms with E-state index in [1.807, 2.05) is 37.3 Å². The second-order valence-corrected chi connectivity index (χ2v) is 7.45. The maximum atomic E-state index is 14.2. The van der Waals surface area contributed by atoms with Gasteiger partial charge in [-0.3, -0.25) is 9.59 Å². The Hall–Kier alpha value is -2.69. The van der Waals surface area contributed by atoms with E-state index in [4.69, 9.17) is 0 Å². The lowest BCUT2D eigenvalue weighted by Crippen LogP contribution is -2.49. The van der Waals surface area contributed by atoms with Crippen molar-refractivity contribution in [2.24, 2.45) is 0 Å². The fourth-order valence-corrected chi connectivity index (χ4v) is 4.08. The molecule has 2 aromatic carbocycles. The van der Waals surface area contributed by atoms with Crippen LogP contribution in [-0.4, -0.2) is 46.9 Å². The lowest BCUT2D eigenvalue weighted by Gasteiger charge is -2.33. The van der Waals surface area contributed by atoms with Crippen LogP contribution in [0, 0.1) is 6.92 Å². The smallest absolute Gasteiger partial charge is 0.254 e. The normalized spacial score (nSPS) is 21.9. The zero-order valence-electron chi connectivity index (χ0n) is 15.4. The highest BCUT2D eigenvalue weighted by Crippen LogP contribution is 2.27. The number of rotatable bonds is 2. The van der Waals surface area contributed by atoms with Gasteiger partial charge in [-0.25, -0.2) is 4.39 Å². The predicted octanol–water partition coefficient (Wildman–Crippen LogP) is 3.13. The first-order valence-corrected chi connectivity index (χ1v) is 9.40. The monoisotopic (exact) mass is 366 g/mol. The van der Waals surface area contributed by atoms with E-state index in [9.17, 15) is 14.0 Å². The van der Waals surface area contributed by atoms with Crippen molar-refractivity contribution in [1.29, 1.82) is 0 Å². The highest BCUT2D eigenvalue weighted by Gasteiger charge is 2.42. The van der Waals surface area contributed by atoms with Crippen molar-refractivity contribution < 1.29 is 14.0 Å². The van der Waals surface area contributed by atoms with E-state index in [1.54, 1.807) is 17.0 Å². The van der Waals surface area contributed by atoms with Crippen LogP contribution >= 0.6 is 0 Å². The molecule has 1 fully saturated rings. The number of hydrogen-bond donors (Lipinski definition) is 0. The first kappa shape index (κ1) is 17.7. The van der Waals surface area contributed by atoms with E-state index in [-0.39, 0.29) is 24.8 Å². The second-order valence-electron chi connectivity index (χ2n) is 7.45. The minimum atomic E-state index is -1.16. The largest absolute Gasteiger partial charge is 0.336 e. The molecule has 2 aliphatic rings. The van der Waals surface area contributed by atoms with Crippen LogP contribution in [-0.2, 0) is 17.8 Å². The van der Waals surface area contributed by atoms with Gasteiger partial charge in [0.25, 0.3) is 5.91 Å². The third-order valence-electron chi connectivity index (χ3n) is 5.50. The third-order valence-corrected chi connectivity index (χ3v) is 5.50. The van der Waals surface area contributed by atoms with Gasteiger partial charge in [0.05, 0.1) is 6.54 Å². The number of fused-ring (bicyclic) bond motifs is 1. The van der Waals surface area contributed by atoms with Gasteiger partial charge in [-0.2, -0.15) is 0 Å². The number of likely N-dealkylation sites (tertiary alicyclic amines) is 1. The molecule has 2 atom stereocenters. The third kappa shape index (κ3) is 3.46. The highest BCUT2D eigenvalue weighted by atomic mass is 19.1. The average molecular weight is 366 g/mol. The molecule has 2 aliphatic heterocycles. The average Bonchev–Trinajstić information content (AvgIpc) is 3.08. The van der Waals surface area contributed by atoms with E-state index in [0.717, 1.165) is 17.5 Å². The van der Waals surface area contributed by atoms with Gasteiger partial charge in [0, 0.05) is 25.1 Å². The maximum Gasteiger partial charge on any atom is 0.254 e. The summed E-state index contributed by atoms with van der Waals surface area (Å²) in [6, 6.07) is 14.6. The lowest BCUT2D eigenvalue weighted by atomic mass is 9.99. The molecule has 2 aromatic rings. The summed E-state index contributed by atoms with van der Waals surface area (Å²) >= 11 is 0. The Bertz CT molecular complexity index is 882. The van der Waals surface area contributed by atoms with Gasteiger partial charge < -0.3 is 9.80 Å². The van der Waals surface area contributed by atoms with Crippen molar-refractivity contribution in [1.82, 2.24) is 9.80 Å². The SMILES string of the molecule is Cc1cccc(C(=O)N2C[C@@H](F)C[C@H]2C(=O)N2CCc3ccccc3C2)c1. The van der Waals surface area contributed by atoms with Crippen LogP contribution in [0.5, 0.6) is 0 Å². The summed E-state index contributed by atoms with van der Waals surface area (Å²) in [6.45, 7) is 3.02. The molecule has 0 aliphatic carbocycles. The molecule has 140 valence electrons. The second kappa shape index (κ2) is 7.14. The predicted molar refractivity (Wildman–Crippen MR) is 101 cm³/mol. The number of amides is 2. The Morgan fingerprint density at radius 1 is 1.07 bits per heavy atom. The summed E-state index contributed by atoms with van der Waals surface area (Å²) in [5.41, 5.74) is 3.85. The van der Waals surface area contributed by atoms with Crippen molar-refractivity contribution in [2.45, 2.75) is 38.5 Å². The molecular formula is C22H23FN2O2. The first-order chi connectivity index (χ1) is 13.0. The Morgan fingerprint density at radius 2 is 1.85 bits per heavy atom. The van der Waals surface area contributed by atoms with Crippen LogP contribution in [0.25, 0.3) is 0 Å². The molecule has 4 rings (SSSR count). The Kier molecular flexibility index (Phi) is 4.68. The zero-order chi connectivity index (χ0) is 19.0. The molecule has 2 amide bonds. The number of benzene rings is 2. The van der Waals surface area contributed by atoms with Gasteiger partial charge in [-0.15, -0.1) is 0 Å². The number of carbonyl (C=O) groups excluding carboxylic acids is 2. The highest BCUT2D eigenvalue weighted by molar-refractivity contribution is 5.98. The topological polar surface area (TPSA) is 40.6 Å². The standard InChI is InChI=1S/C22H23FN2O2/c1-15-5-4-8-17(11-15)21(26)25-14-19(23)12-20(25)22(27)24-10-9-16-6-2-3-7-18(16)13-24/h2-8,11,19-20H,9-10,12-14H2,1H3/t19-,20-/m0/s1. The minimum Gasteiger partial charge on any atom is -0.336 e. The van der Waals surface area contributed by atoms with E-state index in [2.05, 4.69) is 6.07 Å². The van der Waals surface area contributed by atoms with Gasteiger partial charge in [-0.05, 0) is 36.6 Å². The quantitative estimate of drug-likeness (QED) is 0.819. The van der Waals surface area contributed by atoms with Crippen LogP contribution in [0.2, 0.25) is 0 Å². The molecule has 0 radical (unpaired) electrons. The molecule has 0 saturated carbocycles. The number of halogens is 1. The molecule has 0 aromatic heterocycles. The van der Waals surface area contributed by atoms with Crippen LogP contribution in [0.1, 0.15) is 33.5 Å². The minimum absolute atomic E-state index is 0.0202. The van der Waals surface area contributed by atoms with Crippen LogP contribution in [0.15, 0.2) is 48.5 Å². The molecule has 1 saturated heterocycles. The van der Waals surface area contributed by atoms with E-state index < -0.39 is 12.2 Å². The Balaban J connectivity index is 1.54. The van der Waals surface area contributed by atoms with E-state index >= 15 is 0 Å². The van der Waals surface area contributed by atoms with Crippen molar-refractivity contribution >= 4 is 11.8 Å². The molecule has 0 bridgehead atoms. The van der Waals surface area contributed by atoms with Crippen LogP contribution in [0.4, 0.5) is 4.39 Å². The van der Waals surface area contributed by atoms with Crippen LogP contribution in [0.3, 0.4) is 0 Å². The molecule has 2 heterocycles. The van der Waals surface area contributed by atoms with Crippen molar-refractivity contribution in [2.75, 3.05) is 13.1 Å². The van der Waals surface area contributed by atoms with Gasteiger partial charge in [0.15, 0.2) is 0 Å². The first-order valence-electron chi connectivity index (χ1n) is 9.40. The lowest BCUT2D eigenvalue weighted by molar-refractivity contribution is -0.136. The molecular weight excluding hydrogens is 343 g/mol. The zero-order valence-corrected chi connectivity index (χ0v) is 15.4. The molecule has 4 nitrogen and oxygen atoms in total. The summed E-state index contributed by atoms with van der Waals surface area (Å²) in [7, 11) is 0. The van der Waals surface area contributed by atoms with Gasteiger partial charge in [0.1, 0.15) is 12.2 Å². The van der Waals surface area contributed by atoms with E-state index in [1.165, 1.54) is 10.5 Å². The molecule has 0 spiro atoms. The number of nitrogens with zero attached hydrogens (tertiary/aromatic N) is 2. The number of carbonyl (C=O) groups is 2. The van der Waals surface area contributed by atoms with Crippen LogP contribution < -0.4 is 0 Å². The molecule has 27 heavy (non-hydrogen) atoms. The summed E-state index contributed by atoms with van der Waals surface area (Å²) in [6.07, 6.45) is -0.293.